The van der Waals surface area contributed by atoms with Crippen LogP contribution in [0.25, 0.3) is 5.76 Å². The summed E-state index contributed by atoms with van der Waals surface area (Å²) in [5, 5.41) is 11.4. The van der Waals surface area contributed by atoms with Gasteiger partial charge in [-0.25, -0.2) is 0 Å². The normalized spacial score (nSPS) is 18.6. The molecule has 0 bridgehead atoms. The van der Waals surface area contributed by atoms with Crippen LogP contribution < -0.4 is 19.1 Å². The van der Waals surface area contributed by atoms with Crippen LogP contribution in [0.15, 0.2) is 72.3 Å². The second-order valence-corrected chi connectivity index (χ2v) is 9.05. The van der Waals surface area contributed by atoms with Crippen LogP contribution in [-0.2, 0) is 9.59 Å². The van der Waals surface area contributed by atoms with E-state index in [2.05, 4.69) is 0 Å². The van der Waals surface area contributed by atoms with E-state index in [-0.39, 0.29) is 17.4 Å². The van der Waals surface area contributed by atoms with Crippen LogP contribution in [0.3, 0.4) is 0 Å². The van der Waals surface area contributed by atoms with Crippen molar-refractivity contribution in [3.05, 3.63) is 89.0 Å². The maximum atomic E-state index is 13.4. The van der Waals surface area contributed by atoms with Crippen molar-refractivity contribution in [3.8, 4) is 17.2 Å². The first kappa shape index (κ1) is 23.5. The van der Waals surface area contributed by atoms with Crippen molar-refractivity contribution in [1.82, 2.24) is 0 Å². The second-order valence-electron chi connectivity index (χ2n) is 9.05. The van der Waals surface area contributed by atoms with Crippen LogP contribution in [0.5, 0.6) is 17.2 Å². The van der Waals surface area contributed by atoms with Gasteiger partial charge in [0.2, 0.25) is 0 Å². The van der Waals surface area contributed by atoms with Crippen molar-refractivity contribution in [2.75, 3.05) is 18.1 Å². The number of carbonyl (C=O) groups excluding carboxylic acids is 2. The van der Waals surface area contributed by atoms with Crippen molar-refractivity contribution >= 4 is 23.1 Å². The van der Waals surface area contributed by atoms with Gasteiger partial charge in [0.05, 0.1) is 17.7 Å². The number of rotatable bonds is 5. The molecule has 2 aliphatic heterocycles. The van der Waals surface area contributed by atoms with E-state index in [0.29, 0.717) is 47.3 Å². The minimum absolute atomic E-state index is 0.00227. The lowest BCUT2D eigenvalue weighted by molar-refractivity contribution is -0.132. The number of carbonyl (C=O) groups is 2. The van der Waals surface area contributed by atoms with E-state index in [1.54, 1.807) is 36.4 Å². The van der Waals surface area contributed by atoms with E-state index in [4.69, 9.17) is 14.2 Å². The summed E-state index contributed by atoms with van der Waals surface area (Å²) in [5.41, 5.74) is 2.45. The SMILES string of the molecule is Cc1cc(/C(O)=C2\C(=O)C(=O)N(c3ccc4c(c3)OCCO4)C2c2ccccc2)ccc1OC(C)C. The van der Waals surface area contributed by atoms with Gasteiger partial charge in [0.1, 0.15) is 24.7 Å². The average molecular weight is 486 g/mol. The zero-order valence-corrected chi connectivity index (χ0v) is 20.4. The molecule has 0 spiro atoms. The smallest absolute Gasteiger partial charge is 0.300 e. The number of aliphatic hydroxyl groups is 1. The number of anilines is 1. The van der Waals surface area contributed by atoms with Crippen LogP contribution in [0.2, 0.25) is 0 Å². The molecule has 184 valence electrons. The zero-order chi connectivity index (χ0) is 25.4. The lowest BCUT2D eigenvalue weighted by atomic mass is 9.94. The Balaban J connectivity index is 1.64. The van der Waals surface area contributed by atoms with E-state index < -0.39 is 17.7 Å². The Labute approximate surface area is 209 Å². The molecule has 36 heavy (non-hydrogen) atoms. The van der Waals surface area contributed by atoms with Crippen molar-refractivity contribution in [1.29, 1.82) is 0 Å². The number of Topliss-reactive ketones (excluding diaryl/α,β-unsaturated/α-hetero) is 1. The maximum Gasteiger partial charge on any atom is 0.300 e. The minimum atomic E-state index is -0.819. The predicted molar refractivity (Wildman–Crippen MR) is 136 cm³/mol. The molecule has 1 saturated heterocycles. The Bertz CT molecular complexity index is 1360. The predicted octanol–water partition coefficient (Wildman–Crippen LogP) is 5.18. The molecule has 0 saturated carbocycles. The number of ketones is 1. The molecule has 1 amide bonds. The number of benzene rings is 3. The highest BCUT2D eigenvalue weighted by molar-refractivity contribution is 6.51. The van der Waals surface area contributed by atoms with Crippen molar-refractivity contribution in [3.63, 3.8) is 0 Å². The van der Waals surface area contributed by atoms with Crippen LogP contribution in [0, 0.1) is 6.92 Å². The molecule has 0 aliphatic carbocycles. The number of nitrogens with zero attached hydrogens (tertiary/aromatic N) is 1. The van der Waals surface area contributed by atoms with Crippen LogP contribution in [0.1, 0.15) is 36.6 Å². The molecular formula is C29H27NO6. The highest BCUT2D eigenvalue weighted by Gasteiger charge is 2.47. The fourth-order valence-corrected chi connectivity index (χ4v) is 4.57. The Morgan fingerprint density at radius 3 is 2.39 bits per heavy atom. The second kappa shape index (κ2) is 9.41. The monoisotopic (exact) mass is 485 g/mol. The molecule has 1 atom stereocenters. The summed E-state index contributed by atoms with van der Waals surface area (Å²) in [4.78, 5) is 28.2. The summed E-state index contributed by atoms with van der Waals surface area (Å²) in [6, 6.07) is 18.7. The third kappa shape index (κ3) is 4.17. The third-order valence-corrected chi connectivity index (χ3v) is 6.17. The van der Waals surface area contributed by atoms with Gasteiger partial charge in [-0.15, -0.1) is 0 Å². The quantitative estimate of drug-likeness (QED) is 0.305. The summed E-state index contributed by atoms with van der Waals surface area (Å²) in [7, 11) is 0. The fraction of sp³-hybridized carbons (Fsp3) is 0.241. The number of aryl methyl sites for hydroxylation is 1. The van der Waals surface area contributed by atoms with E-state index in [9.17, 15) is 14.7 Å². The van der Waals surface area contributed by atoms with E-state index in [0.717, 1.165) is 5.56 Å². The van der Waals surface area contributed by atoms with Gasteiger partial charge in [-0.05, 0) is 62.2 Å². The van der Waals surface area contributed by atoms with E-state index >= 15 is 0 Å². The first-order valence-corrected chi connectivity index (χ1v) is 11.9. The van der Waals surface area contributed by atoms with Gasteiger partial charge in [-0.1, -0.05) is 30.3 Å². The Morgan fingerprint density at radius 1 is 0.972 bits per heavy atom. The molecule has 1 unspecified atom stereocenters. The molecule has 7 nitrogen and oxygen atoms in total. The van der Waals surface area contributed by atoms with Gasteiger partial charge in [-0.2, -0.15) is 0 Å². The summed E-state index contributed by atoms with van der Waals surface area (Å²) < 4.78 is 17.1. The molecule has 2 heterocycles. The highest BCUT2D eigenvalue weighted by Crippen LogP contribution is 2.44. The van der Waals surface area contributed by atoms with Crippen molar-refractivity contribution < 1.29 is 28.9 Å². The third-order valence-electron chi connectivity index (χ3n) is 6.17. The molecule has 1 fully saturated rings. The maximum absolute atomic E-state index is 13.4. The highest BCUT2D eigenvalue weighted by atomic mass is 16.6. The number of hydrogen-bond donors (Lipinski definition) is 1. The van der Waals surface area contributed by atoms with Gasteiger partial charge in [-0.3, -0.25) is 14.5 Å². The molecular weight excluding hydrogens is 458 g/mol. The molecule has 0 aromatic heterocycles. The first-order chi connectivity index (χ1) is 17.3. The van der Waals surface area contributed by atoms with Gasteiger partial charge in [0.15, 0.2) is 11.5 Å². The molecule has 3 aromatic rings. The molecule has 1 N–H and O–H groups in total. The minimum Gasteiger partial charge on any atom is -0.507 e. The van der Waals surface area contributed by atoms with Crippen LogP contribution >= 0.6 is 0 Å². The zero-order valence-electron chi connectivity index (χ0n) is 20.4. The lowest BCUT2D eigenvalue weighted by Crippen LogP contribution is -2.29. The number of fused-ring (bicyclic) bond motifs is 1. The van der Waals surface area contributed by atoms with Crippen LogP contribution in [0.4, 0.5) is 5.69 Å². The van der Waals surface area contributed by atoms with Gasteiger partial charge in [0.25, 0.3) is 11.7 Å². The Morgan fingerprint density at radius 2 is 1.69 bits per heavy atom. The fourth-order valence-electron chi connectivity index (χ4n) is 4.57. The summed E-state index contributed by atoms with van der Waals surface area (Å²) in [5.74, 6) is 0.0650. The number of aliphatic hydroxyl groups excluding tert-OH is 1. The van der Waals surface area contributed by atoms with Gasteiger partial charge in [0, 0.05) is 17.3 Å². The Hall–Kier alpha value is -4.26. The summed E-state index contributed by atoms with van der Waals surface area (Å²) in [6.45, 7) is 6.59. The number of amides is 1. The Kier molecular flexibility index (Phi) is 6.14. The summed E-state index contributed by atoms with van der Waals surface area (Å²) in [6.07, 6.45) is -0.00227. The summed E-state index contributed by atoms with van der Waals surface area (Å²) >= 11 is 0. The standard InChI is InChI=1S/C29H27NO6/c1-17(2)36-22-11-9-20(15-18(22)3)27(31)25-26(19-7-5-4-6-8-19)30(29(33)28(25)32)21-10-12-23-24(16-21)35-14-13-34-23/h4-12,15-17,26,31H,13-14H2,1-3H3/b27-25+. The molecule has 0 radical (unpaired) electrons. The van der Waals surface area contributed by atoms with Gasteiger partial charge < -0.3 is 19.3 Å². The van der Waals surface area contributed by atoms with Crippen LogP contribution in [-0.4, -0.2) is 36.1 Å². The number of ether oxygens (including phenoxy) is 3. The molecule has 2 aliphatic rings. The van der Waals surface area contributed by atoms with Crippen molar-refractivity contribution in [2.45, 2.75) is 32.9 Å². The largest absolute Gasteiger partial charge is 0.507 e. The van der Waals surface area contributed by atoms with E-state index in [1.807, 2.05) is 51.1 Å². The number of hydrogen-bond acceptors (Lipinski definition) is 6. The first-order valence-electron chi connectivity index (χ1n) is 11.9. The molecule has 3 aromatic carbocycles. The molecule has 7 heteroatoms. The van der Waals surface area contributed by atoms with Gasteiger partial charge >= 0.3 is 0 Å². The topological polar surface area (TPSA) is 85.3 Å². The van der Waals surface area contributed by atoms with E-state index in [1.165, 1.54) is 4.90 Å². The van der Waals surface area contributed by atoms with Crippen molar-refractivity contribution in [2.24, 2.45) is 0 Å². The lowest BCUT2D eigenvalue weighted by Gasteiger charge is -2.27. The average Bonchev–Trinajstić information content (AvgIpc) is 3.15. The molecule has 5 rings (SSSR count).